The first-order valence-corrected chi connectivity index (χ1v) is 8.91. The second kappa shape index (κ2) is 14.4. The van der Waals surface area contributed by atoms with Crippen molar-refractivity contribution >= 4 is 0 Å². The first-order valence-electron chi connectivity index (χ1n) is 8.91. The molecule has 0 aromatic rings. The van der Waals surface area contributed by atoms with Crippen molar-refractivity contribution in [3.63, 3.8) is 0 Å². The van der Waals surface area contributed by atoms with Crippen LogP contribution in [0.4, 0.5) is 0 Å². The number of unbranched alkanes of at least 4 members (excludes halogenated alkanes) is 6. The lowest BCUT2D eigenvalue weighted by Crippen LogP contribution is -2.26. The summed E-state index contributed by atoms with van der Waals surface area (Å²) in [6, 6.07) is 0. The minimum atomic E-state index is 0.779. The zero-order valence-corrected chi connectivity index (χ0v) is 14.1. The molecule has 0 spiro atoms. The van der Waals surface area contributed by atoms with Gasteiger partial charge in [0.05, 0.1) is 0 Å². The van der Waals surface area contributed by atoms with E-state index < -0.39 is 0 Å². The third-order valence-corrected chi connectivity index (χ3v) is 3.90. The fourth-order valence-corrected chi connectivity index (χ4v) is 2.72. The molecule has 0 saturated carbocycles. The van der Waals surface area contributed by atoms with E-state index in [-0.39, 0.29) is 0 Å². The maximum absolute atomic E-state index is 3.64. The summed E-state index contributed by atoms with van der Waals surface area (Å²) in [6.07, 6.45) is 14.2. The predicted molar refractivity (Wildman–Crippen MR) is 88.7 cm³/mol. The van der Waals surface area contributed by atoms with Crippen molar-refractivity contribution in [2.24, 2.45) is 11.8 Å². The molecular weight excluding hydrogens is 230 g/mol. The highest BCUT2D eigenvalue weighted by atomic mass is 14.9. The molecule has 1 atom stereocenters. The van der Waals surface area contributed by atoms with Crippen molar-refractivity contribution in [3.05, 3.63) is 0 Å². The number of hydrogen-bond acceptors (Lipinski definition) is 1. The van der Waals surface area contributed by atoms with E-state index >= 15 is 0 Å². The fraction of sp³-hybridized carbons (Fsp3) is 1.00. The Morgan fingerprint density at radius 2 is 1.32 bits per heavy atom. The van der Waals surface area contributed by atoms with Crippen LogP contribution in [0.1, 0.15) is 91.9 Å². The van der Waals surface area contributed by atoms with E-state index in [1.165, 1.54) is 77.3 Å². The van der Waals surface area contributed by atoms with Gasteiger partial charge in [0.2, 0.25) is 0 Å². The lowest BCUT2D eigenvalue weighted by molar-refractivity contribution is 0.384. The van der Waals surface area contributed by atoms with Crippen LogP contribution in [-0.2, 0) is 0 Å². The molecule has 1 heteroatoms. The van der Waals surface area contributed by atoms with E-state index in [9.17, 15) is 0 Å². The van der Waals surface area contributed by atoms with E-state index in [0.717, 1.165) is 11.8 Å². The average Bonchev–Trinajstić information content (AvgIpc) is 2.37. The van der Waals surface area contributed by atoms with Crippen molar-refractivity contribution in [1.29, 1.82) is 0 Å². The molecule has 1 N–H and O–H groups in total. The van der Waals surface area contributed by atoms with Gasteiger partial charge in [-0.15, -0.1) is 0 Å². The highest BCUT2D eigenvalue weighted by Gasteiger charge is 2.07. The molecule has 116 valence electrons. The largest absolute Gasteiger partial charge is 0.316 e. The Morgan fingerprint density at radius 1 is 0.684 bits per heavy atom. The van der Waals surface area contributed by atoms with E-state index in [2.05, 4.69) is 33.0 Å². The van der Waals surface area contributed by atoms with Crippen LogP contribution in [0.15, 0.2) is 0 Å². The minimum Gasteiger partial charge on any atom is -0.316 e. The number of nitrogens with one attached hydrogen (secondary N) is 1. The van der Waals surface area contributed by atoms with Crippen LogP contribution in [0.5, 0.6) is 0 Å². The summed E-state index contributed by atoms with van der Waals surface area (Å²) in [5.74, 6) is 1.69. The predicted octanol–water partition coefficient (Wildman–Crippen LogP) is 5.79. The van der Waals surface area contributed by atoms with Gasteiger partial charge in [-0.25, -0.2) is 0 Å². The monoisotopic (exact) mass is 269 g/mol. The molecule has 0 saturated heterocycles. The molecule has 19 heavy (non-hydrogen) atoms. The molecule has 0 aliphatic heterocycles. The van der Waals surface area contributed by atoms with Crippen molar-refractivity contribution in [3.8, 4) is 0 Å². The van der Waals surface area contributed by atoms with Gasteiger partial charge < -0.3 is 5.32 Å². The summed E-state index contributed by atoms with van der Waals surface area (Å²) in [6.45, 7) is 11.6. The molecule has 1 nitrogen and oxygen atoms in total. The van der Waals surface area contributed by atoms with Crippen LogP contribution >= 0.6 is 0 Å². The summed E-state index contributed by atoms with van der Waals surface area (Å²) < 4.78 is 0. The van der Waals surface area contributed by atoms with Gasteiger partial charge in [-0.2, -0.15) is 0 Å². The van der Waals surface area contributed by atoms with Gasteiger partial charge >= 0.3 is 0 Å². The van der Waals surface area contributed by atoms with Crippen LogP contribution in [-0.4, -0.2) is 13.1 Å². The van der Waals surface area contributed by atoms with Gasteiger partial charge in [0, 0.05) is 0 Å². The molecule has 0 bridgehead atoms. The van der Waals surface area contributed by atoms with E-state index in [1.54, 1.807) is 0 Å². The van der Waals surface area contributed by atoms with Crippen molar-refractivity contribution in [2.75, 3.05) is 13.1 Å². The molecule has 0 aliphatic carbocycles. The normalized spacial score (nSPS) is 13.1. The topological polar surface area (TPSA) is 12.0 Å². The van der Waals surface area contributed by atoms with Gasteiger partial charge in [-0.05, 0) is 37.8 Å². The van der Waals surface area contributed by atoms with Crippen molar-refractivity contribution in [2.45, 2.75) is 91.9 Å². The van der Waals surface area contributed by atoms with Crippen LogP contribution in [0, 0.1) is 11.8 Å². The molecule has 0 aliphatic rings. The Hall–Kier alpha value is -0.0400. The fourth-order valence-electron chi connectivity index (χ4n) is 2.72. The van der Waals surface area contributed by atoms with Gasteiger partial charge in [0.25, 0.3) is 0 Å². The van der Waals surface area contributed by atoms with Crippen LogP contribution in [0.3, 0.4) is 0 Å². The second-order valence-corrected chi connectivity index (χ2v) is 6.62. The first kappa shape index (κ1) is 19.0. The van der Waals surface area contributed by atoms with Crippen LogP contribution in [0.25, 0.3) is 0 Å². The zero-order chi connectivity index (χ0) is 14.3. The zero-order valence-electron chi connectivity index (χ0n) is 14.1. The van der Waals surface area contributed by atoms with Crippen LogP contribution < -0.4 is 5.32 Å². The van der Waals surface area contributed by atoms with Crippen molar-refractivity contribution < 1.29 is 0 Å². The summed E-state index contributed by atoms with van der Waals surface area (Å²) >= 11 is 0. The van der Waals surface area contributed by atoms with Gasteiger partial charge in [0.15, 0.2) is 0 Å². The first-order chi connectivity index (χ1) is 9.20. The SMILES string of the molecule is CCCCCCCCCC(CCC)CNCC(C)C. The van der Waals surface area contributed by atoms with Gasteiger partial charge in [-0.1, -0.05) is 79.1 Å². The Bertz CT molecular complexity index is 165. The molecule has 0 heterocycles. The smallest absolute Gasteiger partial charge is 0.00204 e. The van der Waals surface area contributed by atoms with E-state index in [0.29, 0.717) is 0 Å². The summed E-state index contributed by atoms with van der Waals surface area (Å²) in [5.41, 5.74) is 0. The molecule has 0 amide bonds. The maximum atomic E-state index is 3.64. The van der Waals surface area contributed by atoms with Crippen molar-refractivity contribution in [1.82, 2.24) is 5.32 Å². The Balaban J connectivity index is 3.47. The van der Waals surface area contributed by atoms with Crippen LogP contribution in [0.2, 0.25) is 0 Å². The summed E-state index contributed by atoms with van der Waals surface area (Å²) in [5, 5.41) is 3.64. The highest BCUT2D eigenvalue weighted by molar-refractivity contribution is 4.63. The quantitative estimate of drug-likeness (QED) is 0.394. The second-order valence-electron chi connectivity index (χ2n) is 6.62. The molecule has 0 aromatic heterocycles. The molecule has 1 unspecified atom stereocenters. The highest BCUT2D eigenvalue weighted by Crippen LogP contribution is 2.16. The number of hydrogen-bond donors (Lipinski definition) is 1. The van der Waals surface area contributed by atoms with E-state index in [1.807, 2.05) is 0 Å². The molecule has 0 rings (SSSR count). The molecule has 0 aromatic carbocycles. The standard InChI is InChI=1S/C18H39N/c1-5-7-8-9-10-11-12-14-18(13-6-2)16-19-15-17(3)4/h17-19H,5-16H2,1-4H3. The third-order valence-electron chi connectivity index (χ3n) is 3.90. The lowest BCUT2D eigenvalue weighted by Gasteiger charge is -2.17. The minimum absolute atomic E-state index is 0.779. The Morgan fingerprint density at radius 3 is 1.89 bits per heavy atom. The van der Waals surface area contributed by atoms with E-state index in [4.69, 9.17) is 0 Å². The molecule has 0 fully saturated rings. The third kappa shape index (κ3) is 14.2. The Kier molecular flexibility index (Phi) is 14.3. The molecule has 0 radical (unpaired) electrons. The Labute approximate surface area is 122 Å². The lowest BCUT2D eigenvalue weighted by atomic mass is 9.95. The number of rotatable bonds is 14. The van der Waals surface area contributed by atoms with Gasteiger partial charge in [-0.3, -0.25) is 0 Å². The summed E-state index contributed by atoms with van der Waals surface area (Å²) in [4.78, 5) is 0. The molecular formula is C18H39N. The maximum Gasteiger partial charge on any atom is -0.00204 e. The average molecular weight is 270 g/mol. The van der Waals surface area contributed by atoms with Gasteiger partial charge in [0.1, 0.15) is 0 Å². The summed E-state index contributed by atoms with van der Waals surface area (Å²) in [7, 11) is 0.